The Bertz CT molecular complexity index is 698. The lowest BCUT2D eigenvalue weighted by Gasteiger charge is -2.04. The van der Waals surface area contributed by atoms with Gasteiger partial charge in [-0.3, -0.25) is 0 Å². The molecule has 3 nitrogen and oxygen atoms in total. The van der Waals surface area contributed by atoms with Crippen LogP contribution in [0.4, 0.5) is 0 Å². The largest absolute Gasteiger partial charge is 0.497 e. The molecule has 0 bridgehead atoms. The Morgan fingerprint density at radius 2 is 1.79 bits per heavy atom. The topological polar surface area (TPSA) is 51.0 Å². The number of fused-ring (bicyclic) bond motifs is 1. The number of hydrogen-bond acceptors (Lipinski definition) is 2. The average Bonchev–Trinajstić information content (AvgIpc) is 2.85. The summed E-state index contributed by atoms with van der Waals surface area (Å²) < 4.78 is 5.19. The number of aromatic nitrogens is 1. The number of hydrogen-bond donors (Lipinski definition) is 2. The summed E-state index contributed by atoms with van der Waals surface area (Å²) >= 11 is 0. The second-order valence-electron chi connectivity index (χ2n) is 4.46. The molecule has 0 aliphatic rings. The normalized spacial score (nSPS) is 10.8. The molecule has 0 saturated heterocycles. The number of rotatable bonds is 3. The van der Waals surface area contributed by atoms with E-state index in [1.54, 1.807) is 7.11 Å². The van der Waals surface area contributed by atoms with Crippen LogP contribution in [0.25, 0.3) is 22.2 Å². The summed E-state index contributed by atoms with van der Waals surface area (Å²) in [6, 6.07) is 16.2. The van der Waals surface area contributed by atoms with Gasteiger partial charge in [0.2, 0.25) is 0 Å². The summed E-state index contributed by atoms with van der Waals surface area (Å²) in [5.74, 6) is 0.856. The van der Waals surface area contributed by atoms with Crippen LogP contribution in [0.3, 0.4) is 0 Å². The molecule has 0 aliphatic heterocycles. The van der Waals surface area contributed by atoms with Gasteiger partial charge in [-0.2, -0.15) is 0 Å². The second-order valence-corrected chi connectivity index (χ2v) is 4.46. The van der Waals surface area contributed by atoms with Crippen molar-refractivity contribution in [1.82, 2.24) is 4.98 Å². The predicted octanol–water partition coefficient (Wildman–Crippen LogP) is 3.30. The van der Waals surface area contributed by atoms with Crippen molar-refractivity contribution in [2.24, 2.45) is 5.73 Å². The van der Waals surface area contributed by atoms with E-state index in [0.29, 0.717) is 6.54 Å². The molecule has 0 radical (unpaired) electrons. The van der Waals surface area contributed by atoms with Crippen LogP contribution in [-0.2, 0) is 6.54 Å². The highest BCUT2D eigenvalue weighted by Crippen LogP contribution is 2.30. The molecule has 19 heavy (non-hydrogen) atoms. The first-order valence-electron chi connectivity index (χ1n) is 6.27. The molecular formula is C16H16N2O. The lowest BCUT2D eigenvalue weighted by Crippen LogP contribution is -1.97. The monoisotopic (exact) mass is 252 g/mol. The minimum atomic E-state index is 0.519. The summed E-state index contributed by atoms with van der Waals surface area (Å²) in [5, 5.41) is 1.19. The standard InChI is InChI=1S/C16H16N2O/c1-19-12-8-6-11(7-9-12)16-14(10-17)13-4-2-3-5-15(13)18-16/h2-9,18H,10,17H2,1H3. The van der Waals surface area contributed by atoms with Crippen molar-refractivity contribution in [3.63, 3.8) is 0 Å². The summed E-state index contributed by atoms with van der Waals surface area (Å²) in [5.41, 5.74) is 10.4. The summed E-state index contributed by atoms with van der Waals surface area (Å²) in [7, 11) is 1.67. The first-order chi connectivity index (χ1) is 9.33. The molecule has 3 aromatic rings. The molecule has 3 N–H and O–H groups in total. The highest BCUT2D eigenvalue weighted by molar-refractivity contribution is 5.90. The number of methoxy groups -OCH3 is 1. The van der Waals surface area contributed by atoms with Gasteiger partial charge in [0, 0.05) is 17.4 Å². The van der Waals surface area contributed by atoms with Crippen LogP contribution in [0.15, 0.2) is 48.5 Å². The maximum atomic E-state index is 5.91. The number of nitrogens with two attached hydrogens (primary N) is 1. The molecule has 0 spiro atoms. The Balaban J connectivity index is 2.17. The smallest absolute Gasteiger partial charge is 0.118 e. The van der Waals surface area contributed by atoms with E-state index in [4.69, 9.17) is 10.5 Å². The molecule has 3 heteroatoms. The molecule has 0 amide bonds. The predicted molar refractivity (Wildman–Crippen MR) is 78.2 cm³/mol. The van der Waals surface area contributed by atoms with Crippen LogP contribution in [0.5, 0.6) is 5.75 Å². The van der Waals surface area contributed by atoms with Crippen molar-refractivity contribution in [2.75, 3.05) is 7.11 Å². The lowest BCUT2D eigenvalue weighted by atomic mass is 10.1. The third kappa shape index (κ3) is 1.98. The number of H-pyrrole nitrogens is 1. The van der Waals surface area contributed by atoms with E-state index in [-0.39, 0.29) is 0 Å². The SMILES string of the molecule is COc1ccc(-c2[nH]c3ccccc3c2CN)cc1. The fraction of sp³-hybridized carbons (Fsp3) is 0.125. The minimum Gasteiger partial charge on any atom is -0.497 e. The van der Waals surface area contributed by atoms with Gasteiger partial charge in [-0.25, -0.2) is 0 Å². The maximum Gasteiger partial charge on any atom is 0.118 e. The van der Waals surface area contributed by atoms with E-state index >= 15 is 0 Å². The van der Waals surface area contributed by atoms with E-state index in [1.807, 2.05) is 36.4 Å². The Morgan fingerprint density at radius 3 is 2.47 bits per heavy atom. The van der Waals surface area contributed by atoms with Crippen molar-refractivity contribution in [3.8, 4) is 17.0 Å². The molecule has 96 valence electrons. The molecule has 0 atom stereocenters. The van der Waals surface area contributed by atoms with Gasteiger partial charge in [-0.15, -0.1) is 0 Å². The van der Waals surface area contributed by atoms with Crippen molar-refractivity contribution in [1.29, 1.82) is 0 Å². The zero-order valence-electron chi connectivity index (χ0n) is 10.8. The Hall–Kier alpha value is -2.26. The van der Waals surface area contributed by atoms with Gasteiger partial charge in [-0.05, 0) is 41.5 Å². The van der Waals surface area contributed by atoms with E-state index in [2.05, 4.69) is 17.1 Å². The number of aromatic amines is 1. The van der Waals surface area contributed by atoms with Gasteiger partial charge in [0.15, 0.2) is 0 Å². The Morgan fingerprint density at radius 1 is 1.05 bits per heavy atom. The van der Waals surface area contributed by atoms with Crippen molar-refractivity contribution in [2.45, 2.75) is 6.54 Å². The van der Waals surface area contributed by atoms with E-state index in [9.17, 15) is 0 Å². The highest BCUT2D eigenvalue weighted by atomic mass is 16.5. The van der Waals surface area contributed by atoms with Crippen molar-refractivity contribution in [3.05, 3.63) is 54.1 Å². The molecular weight excluding hydrogens is 236 g/mol. The maximum absolute atomic E-state index is 5.91. The van der Waals surface area contributed by atoms with Crippen LogP contribution < -0.4 is 10.5 Å². The summed E-state index contributed by atoms with van der Waals surface area (Å²) in [6.45, 7) is 0.519. The zero-order chi connectivity index (χ0) is 13.2. The van der Waals surface area contributed by atoms with E-state index < -0.39 is 0 Å². The fourth-order valence-corrected chi connectivity index (χ4v) is 2.42. The van der Waals surface area contributed by atoms with Crippen LogP contribution in [0.1, 0.15) is 5.56 Å². The fourth-order valence-electron chi connectivity index (χ4n) is 2.42. The second kappa shape index (κ2) is 4.78. The third-order valence-electron chi connectivity index (χ3n) is 3.40. The Kier molecular flexibility index (Phi) is 2.97. The zero-order valence-corrected chi connectivity index (χ0v) is 10.8. The third-order valence-corrected chi connectivity index (χ3v) is 3.40. The quantitative estimate of drug-likeness (QED) is 0.751. The molecule has 0 fully saturated rings. The van der Waals surface area contributed by atoms with Crippen molar-refractivity contribution >= 4 is 10.9 Å². The van der Waals surface area contributed by atoms with Gasteiger partial charge in [0.05, 0.1) is 12.8 Å². The molecule has 1 heterocycles. The first kappa shape index (κ1) is 11.8. The van der Waals surface area contributed by atoms with Gasteiger partial charge in [0.25, 0.3) is 0 Å². The number of para-hydroxylation sites is 1. The van der Waals surface area contributed by atoms with Gasteiger partial charge >= 0.3 is 0 Å². The van der Waals surface area contributed by atoms with Crippen LogP contribution in [-0.4, -0.2) is 12.1 Å². The molecule has 0 saturated carbocycles. The number of ether oxygens (including phenoxy) is 1. The summed E-state index contributed by atoms with van der Waals surface area (Å²) in [6.07, 6.45) is 0. The lowest BCUT2D eigenvalue weighted by molar-refractivity contribution is 0.415. The molecule has 1 aromatic heterocycles. The molecule has 2 aromatic carbocycles. The van der Waals surface area contributed by atoms with Gasteiger partial charge < -0.3 is 15.5 Å². The molecule has 0 aliphatic carbocycles. The average molecular weight is 252 g/mol. The van der Waals surface area contributed by atoms with Gasteiger partial charge in [0.1, 0.15) is 5.75 Å². The van der Waals surface area contributed by atoms with Gasteiger partial charge in [-0.1, -0.05) is 18.2 Å². The van der Waals surface area contributed by atoms with E-state index in [1.165, 1.54) is 5.39 Å². The van der Waals surface area contributed by atoms with Crippen LogP contribution in [0, 0.1) is 0 Å². The first-order valence-corrected chi connectivity index (χ1v) is 6.27. The molecule has 0 unspecified atom stereocenters. The molecule has 3 rings (SSSR count). The van der Waals surface area contributed by atoms with E-state index in [0.717, 1.165) is 28.1 Å². The number of nitrogens with one attached hydrogen (secondary N) is 1. The van der Waals surface area contributed by atoms with Crippen LogP contribution >= 0.6 is 0 Å². The Labute approximate surface area is 112 Å². The van der Waals surface area contributed by atoms with Crippen LogP contribution in [0.2, 0.25) is 0 Å². The number of benzene rings is 2. The highest BCUT2D eigenvalue weighted by Gasteiger charge is 2.11. The summed E-state index contributed by atoms with van der Waals surface area (Å²) in [4.78, 5) is 3.45. The van der Waals surface area contributed by atoms with Crippen molar-refractivity contribution < 1.29 is 4.74 Å². The minimum absolute atomic E-state index is 0.519.